The molecule has 1 aromatic heterocycles. The van der Waals surface area contributed by atoms with E-state index in [9.17, 15) is 4.79 Å². The number of rotatable bonds is 5. The number of amides is 1. The van der Waals surface area contributed by atoms with E-state index in [2.05, 4.69) is 21.7 Å². The zero-order chi connectivity index (χ0) is 19.4. The van der Waals surface area contributed by atoms with Gasteiger partial charge in [0.1, 0.15) is 5.75 Å². The third kappa shape index (κ3) is 4.77. The fourth-order valence-electron chi connectivity index (χ4n) is 2.82. The van der Waals surface area contributed by atoms with Crippen LogP contribution in [0.2, 0.25) is 5.02 Å². The molecule has 1 amide bonds. The summed E-state index contributed by atoms with van der Waals surface area (Å²) in [7, 11) is 1.58. The van der Waals surface area contributed by atoms with Gasteiger partial charge >= 0.3 is 0 Å². The maximum absolute atomic E-state index is 12.6. The summed E-state index contributed by atoms with van der Waals surface area (Å²) in [5.41, 5.74) is 4.73. The van der Waals surface area contributed by atoms with Crippen molar-refractivity contribution in [3.8, 4) is 5.75 Å². The van der Waals surface area contributed by atoms with Crippen LogP contribution in [0.1, 0.15) is 21.5 Å². The first-order valence-electron chi connectivity index (χ1n) is 8.40. The number of hydrogen-bond donors (Lipinski definition) is 2. The normalized spacial score (nSPS) is 10.4. The summed E-state index contributed by atoms with van der Waals surface area (Å²) in [6.07, 6.45) is 3.16. The lowest BCUT2D eigenvalue weighted by Gasteiger charge is -2.12. The smallest absolute Gasteiger partial charge is 0.257 e. The molecule has 0 atom stereocenters. The van der Waals surface area contributed by atoms with Gasteiger partial charge in [-0.2, -0.15) is 0 Å². The molecule has 0 aliphatic carbocycles. The van der Waals surface area contributed by atoms with Gasteiger partial charge in [-0.1, -0.05) is 17.7 Å². The largest absolute Gasteiger partial charge is 0.495 e. The Hall–Kier alpha value is -3.05. The molecule has 3 rings (SSSR count). The molecule has 5 nitrogen and oxygen atoms in total. The minimum Gasteiger partial charge on any atom is -0.495 e. The lowest BCUT2D eigenvalue weighted by atomic mass is 10.1. The van der Waals surface area contributed by atoms with Gasteiger partial charge < -0.3 is 15.4 Å². The van der Waals surface area contributed by atoms with E-state index in [1.165, 1.54) is 6.20 Å². The number of aromatic nitrogens is 1. The van der Waals surface area contributed by atoms with Gasteiger partial charge in [0.15, 0.2) is 0 Å². The number of hydrogen-bond acceptors (Lipinski definition) is 4. The Bertz CT molecular complexity index is 969. The van der Waals surface area contributed by atoms with Crippen LogP contribution in [0.3, 0.4) is 0 Å². The second-order valence-corrected chi connectivity index (χ2v) is 6.70. The van der Waals surface area contributed by atoms with E-state index >= 15 is 0 Å². The molecule has 27 heavy (non-hydrogen) atoms. The van der Waals surface area contributed by atoms with Gasteiger partial charge in [-0.3, -0.25) is 9.78 Å². The quantitative estimate of drug-likeness (QED) is 0.624. The molecular formula is C21H20ClN3O2. The molecule has 2 aromatic carbocycles. The Morgan fingerprint density at radius 2 is 1.74 bits per heavy atom. The highest BCUT2D eigenvalue weighted by atomic mass is 35.5. The molecule has 0 saturated heterocycles. The Balaban J connectivity index is 1.81. The third-order valence-electron chi connectivity index (χ3n) is 3.92. The van der Waals surface area contributed by atoms with Crippen LogP contribution in [-0.2, 0) is 0 Å². The molecule has 0 unspecified atom stereocenters. The van der Waals surface area contributed by atoms with E-state index in [4.69, 9.17) is 16.3 Å². The second-order valence-electron chi connectivity index (χ2n) is 6.26. The molecule has 0 spiro atoms. The summed E-state index contributed by atoms with van der Waals surface area (Å²) in [5.74, 6) is 0.415. The molecule has 138 valence electrons. The summed E-state index contributed by atoms with van der Waals surface area (Å²) >= 11 is 6.06. The van der Waals surface area contributed by atoms with Crippen LogP contribution in [0.4, 0.5) is 17.1 Å². The number of carbonyl (C=O) groups is 1. The Kier molecular flexibility index (Phi) is 5.62. The van der Waals surface area contributed by atoms with E-state index in [-0.39, 0.29) is 5.91 Å². The van der Waals surface area contributed by atoms with Gasteiger partial charge in [-0.25, -0.2) is 0 Å². The highest BCUT2D eigenvalue weighted by Gasteiger charge is 2.10. The first kappa shape index (κ1) is 18.7. The van der Waals surface area contributed by atoms with Crippen LogP contribution in [0.25, 0.3) is 0 Å². The Labute approximate surface area is 163 Å². The van der Waals surface area contributed by atoms with E-state index in [1.807, 2.05) is 26.0 Å². The lowest BCUT2D eigenvalue weighted by Crippen LogP contribution is -2.12. The maximum Gasteiger partial charge on any atom is 0.257 e. The van der Waals surface area contributed by atoms with Crippen molar-refractivity contribution in [3.05, 3.63) is 76.6 Å². The first-order valence-corrected chi connectivity index (χ1v) is 8.77. The van der Waals surface area contributed by atoms with E-state index in [0.29, 0.717) is 27.7 Å². The van der Waals surface area contributed by atoms with Crippen LogP contribution >= 0.6 is 11.6 Å². The van der Waals surface area contributed by atoms with Gasteiger partial charge in [-0.15, -0.1) is 0 Å². The minimum absolute atomic E-state index is 0.228. The number of aryl methyl sites for hydroxylation is 2. The maximum atomic E-state index is 12.6. The summed E-state index contributed by atoms with van der Waals surface area (Å²) in [5, 5.41) is 6.68. The monoisotopic (exact) mass is 381 g/mol. The molecule has 3 aromatic rings. The number of pyridine rings is 1. The number of ether oxygens (including phenoxy) is 1. The minimum atomic E-state index is -0.228. The predicted molar refractivity (Wildman–Crippen MR) is 109 cm³/mol. The van der Waals surface area contributed by atoms with Crippen molar-refractivity contribution in [2.75, 3.05) is 17.7 Å². The van der Waals surface area contributed by atoms with E-state index < -0.39 is 0 Å². The molecule has 0 aliphatic heterocycles. The molecule has 0 bridgehead atoms. The van der Waals surface area contributed by atoms with Crippen LogP contribution < -0.4 is 15.4 Å². The fraction of sp³-hybridized carbons (Fsp3) is 0.143. The number of anilines is 3. The van der Waals surface area contributed by atoms with Crippen molar-refractivity contribution in [2.24, 2.45) is 0 Å². The lowest BCUT2D eigenvalue weighted by molar-refractivity contribution is 0.102. The molecular weight excluding hydrogens is 362 g/mol. The number of nitrogens with one attached hydrogen (secondary N) is 2. The highest BCUT2D eigenvalue weighted by Crippen LogP contribution is 2.30. The molecule has 0 saturated carbocycles. The zero-order valence-electron chi connectivity index (χ0n) is 15.3. The van der Waals surface area contributed by atoms with Crippen LogP contribution in [0.15, 0.2) is 54.9 Å². The average molecular weight is 382 g/mol. The Morgan fingerprint density at radius 1 is 1.00 bits per heavy atom. The molecule has 1 heterocycles. The number of carbonyl (C=O) groups excluding carboxylic acids is 1. The second kappa shape index (κ2) is 8.10. The highest BCUT2D eigenvalue weighted by molar-refractivity contribution is 6.31. The first-order chi connectivity index (χ1) is 12.9. The molecule has 6 heteroatoms. The van der Waals surface area contributed by atoms with Crippen LogP contribution in [0.5, 0.6) is 5.75 Å². The van der Waals surface area contributed by atoms with Gasteiger partial charge in [0.25, 0.3) is 5.91 Å². The van der Waals surface area contributed by atoms with Crippen molar-refractivity contribution >= 4 is 34.6 Å². The van der Waals surface area contributed by atoms with Crippen molar-refractivity contribution in [1.82, 2.24) is 4.98 Å². The van der Waals surface area contributed by atoms with Crippen LogP contribution in [0, 0.1) is 13.8 Å². The average Bonchev–Trinajstić information content (AvgIpc) is 2.61. The van der Waals surface area contributed by atoms with Gasteiger partial charge in [0.05, 0.1) is 30.2 Å². The summed E-state index contributed by atoms with van der Waals surface area (Å²) in [6, 6.07) is 12.9. The number of methoxy groups -OCH3 is 1. The van der Waals surface area contributed by atoms with Gasteiger partial charge in [0.2, 0.25) is 0 Å². The van der Waals surface area contributed by atoms with Crippen molar-refractivity contribution < 1.29 is 9.53 Å². The standard InChI is InChI=1S/C21H20ClN3O2/c1-13-6-14(2)8-17(7-13)25-21(26)15-9-18(12-23-11-15)24-19-10-16(22)4-5-20(19)27-3/h4-12,24H,1-3H3,(H,25,26). The molecule has 0 radical (unpaired) electrons. The molecule has 0 fully saturated rings. The number of benzene rings is 2. The fourth-order valence-corrected chi connectivity index (χ4v) is 2.99. The van der Waals surface area contributed by atoms with Crippen molar-refractivity contribution in [1.29, 1.82) is 0 Å². The number of halogens is 1. The van der Waals surface area contributed by atoms with Crippen molar-refractivity contribution in [2.45, 2.75) is 13.8 Å². The zero-order valence-corrected chi connectivity index (χ0v) is 16.1. The topological polar surface area (TPSA) is 63.2 Å². The third-order valence-corrected chi connectivity index (χ3v) is 4.16. The summed E-state index contributed by atoms with van der Waals surface area (Å²) in [4.78, 5) is 16.8. The van der Waals surface area contributed by atoms with Gasteiger partial charge in [-0.05, 0) is 61.4 Å². The van der Waals surface area contributed by atoms with Gasteiger partial charge in [0, 0.05) is 16.9 Å². The summed E-state index contributed by atoms with van der Waals surface area (Å²) in [6.45, 7) is 3.99. The summed E-state index contributed by atoms with van der Waals surface area (Å²) < 4.78 is 5.33. The van der Waals surface area contributed by atoms with E-state index in [1.54, 1.807) is 37.6 Å². The Morgan fingerprint density at radius 3 is 2.44 bits per heavy atom. The molecule has 2 N–H and O–H groups in total. The SMILES string of the molecule is COc1ccc(Cl)cc1Nc1cncc(C(=O)Nc2cc(C)cc(C)c2)c1. The predicted octanol–water partition coefficient (Wildman–Crippen LogP) is 5.36. The molecule has 0 aliphatic rings. The van der Waals surface area contributed by atoms with E-state index in [0.717, 1.165) is 16.8 Å². The van der Waals surface area contributed by atoms with Crippen LogP contribution in [-0.4, -0.2) is 18.0 Å². The number of nitrogens with zero attached hydrogens (tertiary/aromatic N) is 1. The van der Waals surface area contributed by atoms with Crippen molar-refractivity contribution in [3.63, 3.8) is 0 Å².